The lowest BCUT2D eigenvalue weighted by Gasteiger charge is -2.11. The van der Waals surface area contributed by atoms with Crippen LogP contribution in [0.1, 0.15) is 24.2 Å². The highest BCUT2D eigenvalue weighted by atomic mass is 32.2. The Bertz CT molecular complexity index is 753. The number of fused-ring (bicyclic) bond motifs is 1. The first kappa shape index (κ1) is 14.4. The number of aromatic nitrogens is 2. The van der Waals surface area contributed by atoms with Crippen LogP contribution in [0.15, 0.2) is 24.3 Å². The number of para-hydroxylation sites is 2. The van der Waals surface area contributed by atoms with Crippen molar-refractivity contribution in [3.05, 3.63) is 35.7 Å². The Morgan fingerprint density at radius 2 is 1.95 bits per heavy atom. The van der Waals surface area contributed by atoms with Crippen LogP contribution in [0.25, 0.3) is 11.0 Å². The van der Waals surface area contributed by atoms with E-state index in [2.05, 4.69) is 9.97 Å². The number of hydrogen-bond acceptors (Lipinski definition) is 5. The van der Waals surface area contributed by atoms with Gasteiger partial charge in [-0.2, -0.15) is 0 Å². The number of ether oxygens (including phenoxy) is 1. The average Bonchev–Trinajstić information content (AvgIpc) is 2.91. The average molecular weight is 306 g/mol. The minimum absolute atomic E-state index is 0.0704. The molecule has 0 spiro atoms. The van der Waals surface area contributed by atoms with Crippen molar-refractivity contribution in [2.45, 2.75) is 31.6 Å². The Hall–Kier alpha value is -1.53. The van der Waals surface area contributed by atoms with Crippen LogP contribution in [-0.2, 0) is 20.3 Å². The van der Waals surface area contributed by atoms with E-state index in [1.807, 2.05) is 24.3 Å². The van der Waals surface area contributed by atoms with Crippen molar-refractivity contribution in [2.75, 3.05) is 12.4 Å². The van der Waals surface area contributed by atoms with E-state index >= 15 is 0 Å². The maximum absolute atomic E-state index is 12.3. The molecular formula is C15H18N2O3S. The molecule has 6 heteroatoms. The van der Waals surface area contributed by atoms with Crippen LogP contribution in [0.5, 0.6) is 0 Å². The molecule has 0 amide bonds. The van der Waals surface area contributed by atoms with Crippen LogP contribution in [0.4, 0.5) is 0 Å². The van der Waals surface area contributed by atoms with Gasteiger partial charge in [0.05, 0.1) is 40.0 Å². The molecule has 3 rings (SSSR count). The van der Waals surface area contributed by atoms with Crippen molar-refractivity contribution in [3.8, 4) is 0 Å². The quantitative estimate of drug-likeness (QED) is 0.864. The van der Waals surface area contributed by atoms with Crippen LogP contribution < -0.4 is 0 Å². The first-order valence-corrected chi connectivity index (χ1v) is 8.90. The van der Waals surface area contributed by atoms with E-state index in [4.69, 9.17) is 4.74 Å². The number of rotatable bonds is 4. The summed E-state index contributed by atoms with van der Waals surface area (Å²) in [6.45, 7) is 2.46. The van der Waals surface area contributed by atoms with Gasteiger partial charge in [0.1, 0.15) is 0 Å². The molecule has 1 aromatic carbocycles. The Morgan fingerprint density at radius 1 is 1.24 bits per heavy atom. The van der Waals surface area contributed by atoms with Gasteiger partial charge < -0.3 is 4.74 Å². The summed E-state index contributed by atoms with van der Waals surface area (Å²) >= 11 is 0. The van der Waals surface area contributed by atoms with Gasteiger partial charge in [0, 0.05) is 6.61 Å². The molecular weight excluding hydrogens is 288 g/mol. The number of benzene rings is 1. The molecule has 1 saturated heterocycles. The van der Waals surface area contributed by atoms with E-state index in [9.17, 15) is 8.42 Å². The largest absolute Gasteiger partial charge is 0.377 e. The number of aryl methyl sites for hydroxylation is 1. The van der Waals surface area contributed by atoms with Gasteiger partial charge in [-0.15, -0.1) is 0 Å². The lowest BCUT2D eigenvalue weighted by molar-refractivity contribution is 0.127. The minimum atomic E-state index is -3.24. The molecule has 0 N–H and O–H groups in total. The fourth-order valence-corrected chi connectivity index (χ4v) is 4.22. The third-order valence-electron chi connectivity index (χ3n) is 3.66. The topological polar surface area (TPSA) is 69.2 Å². The second-order valence-corrected chi connectivity index (χ2v) is 7.54. The molecule has 1 aliphatic heterocycles. The summed E-state index contributed by atoms with van der Waals surface area (Å²) in [6.07, 6.45) is 1.60. The zero-order chi connectivity index (χ0) is 14.9. The molecule has 0 saturated carbocycles. The molecule has 1 aromatic heterocycles. The highest BCUT2D eigenvalue weighted by Gasteiger charge is 2.24. The molecule has 0 aliphatic carbocycles. The predicted molar refractivity (Wildman–Crippen MR) is 80.7 cm³/mol. The lowest BCUT2D eigenvalue weighted by atomic mass is 10.2. The van der Waals surface area contributed by atoms with E-state index in [-0.39, 0.29) is 17.6 Å². The molecule has 2 heterocycles. The van der Waals surface area contributed by atoms with Crippen LogP contribution in [0.3, 0.4) is 0 Å². The van der Waals surface area contributed by atoms with Crippen molar-refractivity contribution in [1.29, 1.82) is 0 Å². The second kappa shape index (κ2) is 5.69. The zero-order valence-corrected chi connectivity index (χ0v) is 12.8. The normalized spacial score (nSPS) is 19.2. The Balaban J connectivity index is 1.84. The van der Waals surface area contributed by atoms with Gasteiger partial charge in [-0.3, -0.25) is 0 Å². The van der Waals surface area contributed by atoms with Gasteiger partial charge in [-0.05, 0) is 31.9 Å². The maximum Gasteiger partial charge on any atom is 0.158 e. The highest BCUT2D eigenvalue weighted by Crippen LogP contribution is 2.18. The van der Waals surface area contributed by atoms with Crippen molar-refractivity contribution in [1.82, 2.24) is 9.97 Å². The first-order valence-electron chi connectivity index (χ1n) is 7.08. The zero-order valence-electron chi connectivity index (χ0n) is 11.9. The first-order chi connectivity index (χ1) is 10.0. The summed E-state index contributed by atoms with van der Waals surface area (Å²) in [7, 11) is -3.24. The fraction of sp³-hybridized carbons (Fsp3) is 0.467. The summed E-state index contributed by atoms with van der Waals surface area (Å²) in [5.74, 6) is -0.00251. The smallest absolute Gasteiger partial charge is 0.158 e. The predicted octanol–water partition coefficient (Wildman–Crippen LogP) is 2.03. The lowest BCUT2D eigenvalue weighted by Crippen LogP contribution is -2.22. The van der Waals surface area contributed by atoms with E-state index in [1.165, 1.54) is 0 Å². The molecule has 112 valence electrons. The summed E-state index contributed by atoms with van der Waals surface area (Å²) in [6, 6.07) is 7.49. The molecule has 0 bridgehead atoms. The van der Waals surface area contributed by atoms with E-state index in [1.54, 1.807) is 6.92 Å². The van der Waals surface area contributed by atoms with E-state index in [0.717, 1.165) is 23.9 Å². The molecule has 5 nitrogen and oxygen atoms in total. The van der Waals surface area contributed by atoms with E-state index < -0.39 is 9.84 Å². The van der Waals surface area contributed by atoms with Crippen molar-refractivity contribution < 1.29 is 13.2 Å². The number of sulfone groups is 1. The van der Waals surface area contributed by atoms with E-state index in [0.29, 0.717) is 18.0 Å². The van der Waals surface area contributed by atoms with Crippen molar-refractivity contribution >= 4 is 20.9 Å². The van der Waals surface area contributed by atoms with Gasteiger partial charge >= 0.3 is 0 Å². The molecule has 0 unspecified atom stereocenters. The second-order valence-electron chi connectivity index (χ2n) is 5.43. The maximum atomic E-state index is 12.3. The van der Waals surface area contributed by atoms with Gasteiger partial charge in [0.15, 0.2) is 9.84 Å². The standard InChI is InChI=1S/C15H18N2O3S/c1-11-15(17-14-7-3-2-6-13(14)16-11)10-21(18,19)9-12-5-4-8-20-12/h2-3,6-7,12H,4-5,8-10H2,1H3/t12-/m0/s1. The summed E-state index contributed by atoms with van der Waals surface area (Å²) in [5.41, 5.74) is 2.72. The van der Waals surface area contributed by atoms with Crippen LogP contribution in [-0.4, -0.2) is 36.8 Å². The van der Waals surface area contributed by atoms with Crippen molar-refractivity contribution in [2.24, 2.45) is 0 Å². The molecule has 1 atom stereocenters. The summed E-state index contributed by atoms with van der Waals surface area (Å²) < 4.78 is 30.0. The Kier molecular flexibility index (Phi) is 3.91. The molecule has 1 aliphatic rings. The Morgan fingerprint density at radius 3 is 2.62 bits per heavy atom. The molecule has 21 heavy (non-hydrogen) atoms. The molecule has 2 aromatic rings. The SMILES string of the molecule is Cc1nc2ccccc2nc1CS(=O)(=O)C[C@@H]1CCCO1. The molecule has 0 radical (unpaired) electrons. The Labute approximate surface area is 124 Å². The number of hydrogen-bond donors (Lipinski definition) is 0. The monoisotopic (exact) mass is 306 g/mol. The third-order valence-corrected chi connectivity index (χ3v) is 5.26. The highest BCUT2D eigenvalue weighted by molar-refractivity contribution is 7.90. The fourth-order valence-electron chi connectivity index (χ4n) is 2.59. The van der Waals surface area contributed by atoms with Crippen LogP contribution in [0.2, 0.25) is 0 Å². The van der Waals surface area contributed by atoms with Gasteiger partial charge in [-0.25, -0.2) is 18.4 Å². The summed E-state index contributed by atoms with van der Waals surface area (Å²) in [4.78, 5) is 8.89. The third kappa shape index (κ3) is 3.39. The number of nitrogens with zero attached hydrogens (tertiary/aromatic N) is 2. The minimum Gasteiger partial charge on any atom is -0.377 e. The summed E-state index contributed by atoms with van der Waals surface area (Å²) in [5, 5.41) is 0. The van der Waals surface area contributed by atoms with Gasteiger partial charge in [0.2, 0.25) is 0 Å². The van der Waals surface area contributed by atoms with Crippen LogP contribution >= 0.6 is 0 Å². The van der Waals surface area contributed by atoms with Gasteiger partial charge in [-0.1, -0.05) is 12.1 Å². The molecule has 1 fully saturated rings. The van der Waals surface area contributed by atoms with Crippen LogP contribution in [0, 0.1) is 6.92 Å². The van der Waals surface area contributed by atoms with Gasteiger partial charge in [0.25, 0.3) is 0 Å². The van der Waals surface area contributed by atoms with Crippen molar-refractivity contribution in [3.63, 3.8) is 0 Å².